The number of nitrogens with zero attached hydrogens (tertiary/aromatic N) is 1. The third-order valence-corrected chi connectivity index (χ3v) is 5.77. The zero-order valence-electron chi connectivity index (χ0n) is 16.5. The molecule has 0 fully saturated rings. The fraction of sp³-hybridized carbons (Fsp3) is 0.263. The van der Waals surface area contributed by atoms with Crippen LogP contribution in [0.15, 0.2) is 52.7 Å². The number of methoxy groups -OCH3 is 2. The molecule has 1 N–H and O–H groups in total. The van der Waals surface area contributed by atoms with Gasteiger partial charge in [0.1, 0.15) is 23.8 Å². The highest BCUT2D eigenvalue weighted by Gasteiger charge is 2.32. The van der Waals surface area contributed by atoms with E-state index >= 15 is 0 Å². The van der Waals surface area contributed by atoms with Crippen LogP contribution in [0.5, 0.6) is 11.5 Å². The number of ether oxygens (including phenoxy) is 4. The quantitative estimate of drug-likeness (QED) is 0.670. The summed E-state index contributed by atoms with van der Waals surface area (Å²) in [6.45, 7) is 0.536. The summed E-state index contributed by atoms with van der Waals surface area (Å²) in [5.41, 5.74) is -0.286. The molecule has 2 heterocycles. The van der Waals surface area contributed by atoms with Crippen molar-refractivity contribution >= 4 is 27.6 Å². The number of sulfonamides is 1. The number of carbonyl (C=O) groups is 2. The number of rotatable bonds is 5. The standard InChI is InChI=1S/C19H20N2O8S/c1-20-30(24,25)16-11-15-14(28-8-9-29-15)10-13(16)21-7-5-4-6-12(18(22)26-2)17(21)19(23)27-3/h4-7,10-11,20H,8-9H2,1-3H3. The Balaban J connectivity index is 2.33. The molecule has 0 aromatic heterocycles. The fourth-order valence-corrected chi connectivity index (χ4v) is 3.84. The normalized spacial score (nSPS) is 15.6. The first kappa shape index (κ1) is 21.4. The fourth-order valence-electron chi connectivity index (χ4n) is 2.92. The lowest BCUT2D eigenvalue weighted by atomic mass is 10.1. The van der Waals surface area contributed by atoms with E-state index in [0.29, 0.717) is 5.75 Å². The van der Waals surface area contributed by atoms with Crippen LogP contribution in [0.3, 0.4) is 0 Å². The van der Waals surface area contributed by atoms with Gasteiger partial charge in [-0.05, 0) is 19.2 Å². The second kappa shape index (κ2) is 8.59. The number of benzene rings is 1. The van der Waals surface area contributed by atoms with Crippen LogP contribution in [0.4, 0.5) is 5.69 Å². The van der Waals surface area contributed by atoms with Crippen LogP contribution >= 0.6 is 0 Å². The van der Waals surface area contributed by atoms with Crippen molar-refractivity contribution in [3.63, 3.8) is 0 Å². The molecular formula is C19H20N2O8S. The lowest BCUT2D eigenvalue weighted by molar-refractivity contribution is -0.139. The van der Waals surface area contributed by atoms with Gasteiger partial charge in [0.25, 0.3) is 0 Å². The van der Waals surface area contributed by atoms with E-state index in [2.05, 4.69) is 4.72 Å². The summed E-state index contributed by atoms with van der Waals surface area (Å²) in [6, 6.07) is 2.72. The zero-order chi connectivity index (χ0) is 21.9. The molecule has 2 aliphatic rings. The minimum absolute atomic E-state index is 0.0513. The third kappa shape index (κ3) is 3.89. The van der Waals surface area contributed by atoms with Crippen LogP contribution in [0.2, 0.25) is 0 Å². The van der Waals surface area contributed by atoms with Gasteiger partial charge in [0.15, 0.2) is 11.5 Å². The molecular weight excluding hydrogens is 416 g/mol. The first-order chi connectivity index (χ1) is 14.3. The van der Waals surface area contributed by atoms with E-state index in [1.165, 1.54) is 55.6 Å². The molecule has 3 rings (SSSR count). The first-order valence-corrected chi connectivity index (χ1v) is 10.2. The van der Waals surface area contributed by atoms with Gasteiger partial charge >= 0.3 is 11.9 Å². The Morgan fingerprint density at radius 1 is 1.03 bits per heavy atom. The van der Waals surface area contributed by atoms with E-state index in [0.717, 1.165) is 7.11 Å². The molecule has 0 aliphatic carbocycles. The van der Waals surface area contributed by atoms with E-state index < -0.39 is 22.0 Å². The topological polar surface area (TPSA) is 120 Å². The summed E-state index contributed by atoms with van der Waals surface area (Å²) in [5.74, 6) is -1.13. The molecule has 160 valence electrons. The molecule has 10 nitrogen and oxygen atoms in total. The van der Waals surface area contributed by atoms with Crippen molar-refractivity contribution in [3.05, 3.63) is 47.8 Å². The van der Waals surface area contributed by atoms with E-state index in [-0.39, 0.29) is 40.8 Å². The Kier molecular flexibility index (Phi) is 6.13. The Morgan fingerprint density at radius 2 is 1.67 bits per heavy atom. The molecule has 0 atom stereocenters. The average Bonchev–Trinajstić information content (AvgIpc) is 3.00. The minimum atomic E-state index is -4.00. The number of anilines is 1. The van der Waals surface area contributed by atoms with Crippen molar-refractivity contribution in [3.8, 4) is 11.5 Å². The van der Waals surface area contributed by atoms with Crippen molar-refractivity contribution in [1.29, 1.82) is 0 Å². The van der Waals surface area contributed by atoms with E-state index in [9.17, 15) is 18.0 Å². The van der Waals surface area contributed by atoms with Crippen molar-refractivity contribution in [2.24, 2.45) is 0 Å². The largest absolute Gasteiger partial charge is 0.486 e. The van der Waals surface area contributed by atoms with Gasteiger partial charge in [-0.15, -0.1) is 0 Å². The summed E-state index contributed by atoms with van der Waals surface area (Å²) in [4.78, 5) is 26.0. The molecule has 11 heteroatoms. The van der Waals surface area contributed by atoms with Gasteiger partial charge in [-0.2, -0.15) is 0 Å². The summed E-state index contributed by atoms with van der Waals surface area (Å²) >= 11 is 0. The Labute approximate surface area is 173 Å². The smallest absolute Gasteiger partial charge is 0.355 e. The van der Waals surface area contributed by atoms with Crippen LogP contribution < -0.4 is 19.1 Å². The predicted octanol–water partition coefficient (Wildman–Crippen LogP) is 0.856. The maximum absolute atomic E-state index is 12.8. The van der Waals surface area contributed by atoms with Crippen molar-refractivity contribution in [2.75, 3.05) is 39.4 Å². The van der Waals surface area contributed by atoms with Gasteiger partial charge in [0.2, 0.25) is 10.0 Å². The molecule has 1 aromatic carbocycles. The molecule has 0 bridgehead atoms. The van der Waals surface area contributed by atoms with Gasteiger partial charge in [-0.1, -0.05) is 6.08 Å². The molecule has 0 spiro atoms. The van der Waals surface area contributed by atoms with Crippen LogP contribution in [0.1, 0.15) is 0 Å². The van der Waals surface area contributed by atoms with Crippen LogP contribution in [0.25, 0.3) is 0 Å². The number of fused-ring (bicyclic) bond motifs is 1. The number of hydrogen-bond acceptors (Lipinski definition) is 9. The minimum Gasteiger partial charge on any atom is -0.486 e. The first-order valence-electron chi connectivity index (χ1n) is 8.76. The Hall–Kier alpha value is -3.31. The number of esters is 2. The van der Waals surface area contributed by atoms with Gasteiger partial charge < -0.3 is 23.8 Å². The highest BCUT2D eigenvalue weighted by atomic mass is 32.2. The van der Waals surface area contributed by atoms with Gasteiger partial charge in [-0.3, -0.25) is 0 Å². The second-order valence-corrected chi connectivity index (χ2v) is 7.84. The summed E-state index contributed by atoms with van der Waals surface area (Å²) in [6.07, 6.45) is 5.85. The van der Waals surface area contributed by atoms with E-state index in [1.54, 1.807) is 0 Å². The number of carbonyl (C=O) groups excluding carboxylic acids is 2. The van der Waals surface area contributed by atoms with Crippen molar-refractivity contribution < 1.29 is 37.0 Å². The highest BCUT2D eigenvalue weighted by Crippen LogP contribution is 2.41. The SMILES string of the molecule is CNS(=O)(=O)c1cc2c(cc1N1C=CC=CC(C(=O)OC)=C1C(=O)OC)OCCO2. The zero-order valence-corrected chi connectivity index (χ0v) is 17.3. The molecule has 2 aliphatic heterocycles. The molecule has 0 radical (unpaired) electrons. The van der Waals surface area contributed by atoms with Gasteiger partial charge in [0, 0.05) is 18.3 Å². The van der Waals surface area contributed by atoms with Crippen molar-refractivity contribution in [1.82, 2.24) is 4.72 Å². The highest BCUT2D eigenvalue weighted by molar-refractivity contribution is 7.89. The maximum Gasteiger partial charge on any atom is 0.355 e. The third-order valence-electron chi connectivity index (χ3n) is 4.33. The summed E-state index contributed by atoms with van der Waals surface area (Å²) in [5, 5.41) is 0. The average molecular weight is 436 g/mol. The summed E-state index contributed by atoms with van der Waals surface area (Å²) in [7, 11) is -0.422. The lowest BCUT2D eigenvalue weighted by Crippen LogP contribution is -2.30. The number of nitrogens with one attached hydrogen (secondary N) is 1. The van der Waals surface area contributed by atoms with Crippen LogP contribution in [0, 0.1) is 0 Å². The second-order valence-electron chi connectivity index (χ2n) is 5.99. The Bertz CT molecular complexity index is 1070. The van der Waals surface area contributed by atoms with Crippen molar-refractivity contribution in [2.45, 2.75) is 4.90 Å². The van der Waals surface area contributed by atoms with Crippen LogP contribution in [-0.2, 0) is 29.1 Å². The molecule has 1 aromatic rings. The molecule has 0 saturated carbocycles. The lowest BCUT2D eigenvalue weighted by Gasteiger charge is -2.27. The monoisotopic (exact) mass is 436 g/mol. The molecule has 30 heavy (non-hydrogen) atoms. The maximum atomic E-state index is 12.8. The number of allylic oxidation sites excluding steroid dienone is 2. The molecule has 0 saturated heterocycles. The molecule has 0 amide bonds. The van der Waals surface area contributed by atoms with Crippen LogP contribution in [-0.4, -0.2) is 54.8 Å². The van der Waals surface area contributed by atoms with Gasteiger partial charge in [-0.25, -0.2) is 22.7 Å². The van der Waals surface area contributed by atoms with E-state index in [1.807, 2.05) is 0 Å². The van der Waals surface area contributed by atoms with Gasteiger partial charge in [0.05, 0.1) is 25.5 Å². The van der Waals surface area contributed by atoms with E-state index in [4.69, 9.17) is 18.9 Å². The number of hydrogen-bond donors (Lipinski definition) is 1. The molecule has 0 unspecified atom stereocenters. The predicted molar refractivity (Wildman–Crippen MR) is 105 cm³/mol. The Morgan fingerprint density at radius 3 is 2.27 bits per heavy atom. The summed E-state index contributed by atoms with van der Waals surface area (Å²) < 4.78 is 48.5.